The lowest BCUT2D eigenvalue weighted by Gasteiger charge is -2.07. The second kappa shape index (κ2) is 9.44. The van der Waals surface area contributed by atoms with Crippen molar-refractivity contribution in [3.8, 4) is 5.69 Å². The molecule has 0 bridgehead atoms. The smallest absolute Gasteiger partial charge is 0.255 e. The molecule has 0 radical (unpaired) electrons. The quantitative estimate of drug-likeness (QED) is 0.344. The van der Waals surface area contributed by atoms with Crippen LogP contribution in [0.15, 0.2) is 85.3 Å². The highest BCUT2D eigenvalue weighted by Gasteiger charge is 2.13. The predicted octanol–water partition coefficient (Wildman–Crippen LogP) is 4.59. The molecule has 0 saturated heterocycles. The fourth-order valence-electron chi connectivity index (χ4n) is 3.75. The van der Waals surface area contributed by atoms with Gasteiger partial charge in [-0.15, -0.1) is 0 Å². The zero-order chi connectivity index (χ0) is 24.4. The molecule has 0 unspecified atom stereocenters. The van der Waals surface area contributed by atoms with Gasteiger partial charge in [0, 0.05) is 42.6 Å². The molecule has 3 heterocycles. The van der Waals surface area contributed by atoms with Gasteiger partial charge in [0.05, 0.1) is 23.1 Å². The van der Waals surface area contributed by atoms with Gasteiger partial charge in [0.1, 0.15) is 11.0 Å². The van der Waals surface area contributed by atoms with Gasteiger partial charge < -0.3 is 19.8 Å². The Hall–Kier alpha value is -4.43. The van der Waals surface area contributed by atoms with Crippen LogP contribution in [0.5, 0.6) is 0 Å². The number of aryl methyl sites for hydroxylation is 1. The number of hydrogen-bond donors (Lipinski definition) is 2. The molecule has 0 aliphatic heterocycles. The van der Waals surface area contributed by atoms with Crippen molar-refractivity contribution >= 4 is 40.1 Å². The summed E-state index contributed by atoms with van der Waals surface area (Å²) in [5.74, 6) is 0.208. The molecule has 0 aliphatic carbocycles. The number of rotatable bonds is 6. The van der Waals surface area contributed by atoms with E-state index < -0.39 is 0 Å². The van der Waals surface area contributed by atoms with Gasteiger partial charge in [0.25, 0.3) is 11.8 Å². The number of carbonyl (C=O) groups is 2. The number of anilines is 1. The van der Waals surface area contributed by atoms with Crippen molar-refractivity contribution < 1.29 is 9.59 Å². The number of hydrogen-bond acceptors (Lipinski definition) is 4. The highest BCUT2D eigenvalue weighted by atomic mass is 35.5. The highest BCUT2D eigenvalue weighted by molar-refractivity contribution is 6.29. The predicted molar refractivity (Wildman–Crippen MR) is 135 cm³/mol. The Kier molecular flexibility index (Phi) is 6.03. The number of carbonyl (C=O) groups excluding carboxylic acids is 2. The van der Waals surface area contributed by atoms with Crippen LogP contribution in [-0.2, 0) is 13.6 Å². The molecule has 0 aliphatic rings. The molecule has 174 valence electrons. The first-order chi connectivity index (χ1) is 17.0. The van der Waals surface area contributed by atoms with Crippen LogP contribution in [0.25, 0.3) is 16.7 Å². The second-order valence-electron chi connectivity index (χ2n) is 7.93. The van der Waals surface area contributed by atoms with Crippen LogP contribution < -0.4 is 10.6 Å². The van der Waals surface area contributed by atoms with E-state index in [0.717, 1.165) is 11.2 Å². The summed E-state index contributed by atoms with van der Waals surface area (Å²) >= 11 is 5.78. The maximum absolute atomic E-state index is 12.7. The van der Waals surface area contributed by atoms with E-state index in [9.17, 15) is 9.59 Å². The van der Waals surface area contributed by atoms with E-state index >= 15 is 0 Å². The van der Waals surface area contributed by atoms with Crippen molar-refractivity contribution in [1.29, 1.82) is 0 Å². The zero-order valence-corrected chi connectivity index (χ0v) is 19.5. The number of benzene rings is 2. The second-order valence-corrected chi connectivity index (χ2v) is 8.32. The molecule has 2 amide bonds. The highest BCUT2D eigenvalue weighted by Crippen LogP contribution is 2.21. The molecule has 0 atom stereocenters. The first kappa shape index (κ1) is 22.4. The molecule has 0 spiro atoms. The van der Waals surface area contributed by atoms with Gasteiger partial charge >= 0.3 is 0 Å². The maximum Gasteiger partial charge on any atom is 0.255 e. The summed E-state index contributed by atoms with van der Waals surface area (Å²) in [5.41, 5.74) is 4.19. The van der Waals surface area contributed by atoms with Crippen LogP contribution in [0.4, 0.5) is 5.69 Å². The van der Waals surface area contributed by atoms with Crippen LogP contribution >= 0.6 is 11.6 Å². The van der Waals surface area contributed by atoms with Crippen LogP contribution in [0, 0.1) is 0 Å². The summed E-state index contributed by atoms with van der Waals surface area (Å²) in [7, 11) is 1.88. The molecule has 3 aromatic heterocycles. The first-order valence-electron chi connectivity index (χ1n) is 10.9. The molecule has 9 heteroatoms. The minimum absolute atomic E-state index is 0.205. The van der Waals surface area contributed by atoms with E-state index in [1.807, 2.05) is 71.0 Å². The summed E-state index contributed by atoms with van der Waals surface area (Å²) in [6, 6.07) is 20.0. The molecule has 35 heavy (non-hydrogen) atoms. The van der Waals surface area contributed by atoms with Crippen molar-refractivity contribution in [2.75, 3.05) is 5.32 Å². The lowest BCUT2D eigenvalue weighted by Crippen LogP contribution is -2.24. The summed E-state index contributed by atoms with van der Waals surface area (Å²) in [4.78, 5) is 33.7. The Balaban J connectivity index is 1.27. The standard InChI is InChI=1S/C26H21ClN6O2/c1-32-22-10-7-19(30-26(35)17-4-8-20(9-5-17)33-12-2-3-13-33)14-21(22)31-24(32)16-29-25(34)18-6-11-23(27)28-15-18/h2-15H,16H2,1H3,(H,29,34)(H,30,35). The van der Waals surface area contributed by atoms with E-state index in [4.69, 9.17) is 11.6 Å². The van der Waals surface area contributed by atoms with Crippen molar-refractivity contribution in [2.24, 2.45) is 7.05 Å². The normalized spacial score (nSPS) is 10.9. The lowest BCUT2D eigenvalue weighted by molar-refractivity contribution is 0.0948. The molecule has 0 saturated carbocycles. The Bertz CT molecular complexity index is 1510. The SMILES string of the molecule is Cn1c(CNC(=O)c2ccc(Cl)nc2)nc2cc(NC(=O)c3ccc(-n4cccc4)cc3)ccc21. The molecular formula is C26H21ClN6O2. The van der Waals surface area contributed by atoms with E-state index in [-0.39, 0.29) is 18.4 Å². The third-order valence-electron chi connectivity index (χ3n) is 5.66. The van der Waals surface area contributed by atoms with Crippen LogP contribution in [0.2, 0.25) is 5.15 Å². The van der Waals surface area contributed by atoms with Gasteiger partial charge in [-0.25, -0.2) is 9.97 Å². The summed E-state index contributed by atoms with van der Waals surface area (Å²) in [6.07, 6.45) is 5.33. The Morgan fingerprint density at radius 3 is 2.40 bits per heavy atom. The van der Waals surface area contributed by atoms with E-state index in [1.165, 1.54) is 6.20 Å². The van der Waals surface area contributed by atoms with Crippen LogP contribution in [0.1, 0.15) is 26.5 Å². The molecule has 2 N–H and O–H groups in total. The molecule has 2 aromatic carbocycles. The first-order valence-corrected chi connectivity index (χ1v) is 11.3. The van der Waals surface area contributed by atoms with Crippen molar-refractivity contribution in [2.45, 2.75) is 6.54 Å². The molecule has 5 rings (SSSR count). The third kappa shape index (κ3) is 4.78. The van der Waals surface area contributed by atoms with Gasteiger partial charge in [-0.1, -0.05) is 11.6 Å². The number of amides is 2. The van der Waals surface area contributed by atoms with Crippen LogP contribution in [0.3, 0.4) is 0 Å². The zero-order valence-electron chi connectivity index (χ0n) is 18.8. The molecule has 5 aromatic rings. The van der Waals surface area contributed by atoms with Gasteiger partial charge in [-0.3, -0.25) is 9.59 Å². The van der Waals surface area contributed by atoms with Crippen LogP contribution in [-0.4, -0.2) is 30.9 Å². The topological polar surface area (TPSA) is 93.8 Å². The van der Waals surface area contributed by atoms with E-state index in [2.05, 4.69) is 20.6 Å². The van der Waals surface area contributed by atoms with E-state index in [1.54, 1.807) is 24.3 Å². The number of imidazole rings is 1. The largest absolute Gasteiger partial charge is 0.345 e. The minimum atomic E-state index is -0.267. The fraction of sp³-hybridized carbons (Fsp3) is 0.0769. The average molecular weight is 485 g/mol. The Morgan fingerprint density at radius 2 is 1.69 bits per heavy atom. The van der Waals surface area contributed by atoms with Gasteiger partial charge in [0.15, 0.2) is 0 Å². The third-order valence-corrected chi connectivity index (χ3v) is 5.88. The fourth-order valence-corrected chi connectivity index (χ4v) is 3.86. The molecular weight excluding hydrogens is 464 g/mol. The number of nitrogens with zero attached hydrogens (tertiary/aromatic N) is 4. The van der Waals surface area contributed by atoms with Crippen molar-refractivity contribution in [3.05, 3.63) is 107 Å². The number of fused-ring (bicyclic) bond motifs is 1. The Morgan fingerprint density at radius 1 is 0.943 bits per heavy atom. The number of nitrogens with one attached hydrogen (secondary N) is 2. The monoisotopic (exact) mass is 484 g/mol. The Labute approximate surface area is 206 Å². The summed E-state index contributed by atoms with van der Waals surface area (Å²) in [6.45, 7) is 0.238. The van der Waals surface area contributed by atoms with Crippen molar-refractivity contribution in [1.82, 2.24) is 24.4 Å². The summed E-state index contributed by atoms with van der Waals surface area (Å²) < 4.78 is 3.88. The average Bonchev–Trinajstić information content (AvgIpc) is 3.51. The molecule has 8 nitrogen and oxygen atoms in total. The lowest BCUT2D eigenvalue weighted by atomic mass is 10.2. The van der Waals surface area contributed by atoms with Crippen molar-refractivity contribution in [3.63, 3.8) is 0 Å². The number of aromatic nitrogens is 4. The summed E-state index contributed by atoms with van der Waals surface area (Å²) in [5, 5.41) is 6.10. The minimum Gasteiger partial charge on any atom is -0.345 e. The van der Waals surface area contributed by atoms with E-state index in [0.29, 0.717) is 33.3 Å². The van der Waals surface area contributed by atoms with Gasteiger partial charge in [-0.2, -0.15) is 0 Å². The number of pyridine rings is 1. The maximum atomic E-state index is 12.7. The van der Waals surface area contributed by atoms with Gasteiger partial charge in [-0.05, 0) is 66.7 Å². The molecule has 0 fully saturated rings. The van der Waals surface area contributed by atoms with Gasteiger partial charge in [0.2, 0.25) is 0 Å². The number of halogens is 1.